The van der Waals surface area contributed by atoms with Gasteiger partial charge in [0.1, 0.15) is 6.07 Å². The minimum atomic E-state index is 0.473. The predicted octanol–water partition coefficient (Wildman–Crippen LogP) is 2.58. The lowest BCUT2D eigenvalue weighted by atomic mass is 10.1. The van der Waals surface area contributed by atoms with Crippen LogP contribution in [0.5, 0.6) is 0 Å². The summed E-state index contributed by atoms with van der Waals surface area (Å²) < 4.78 is 0. The van der Waals surface area contributed by atoms with Gasteiger partial charge in [0.15, 0.2) is 5.69 Å². The number of anilines is 1. The number of nitrogens with zero attached hydrogens (tertiary/aromatic N) is 3. The zero-order chi connectivity index (χ0) is 11.3. The van der Waals surface area contributed by atoms with Crippen LogP contribution in [-0.2, 0) is 0 Å². The Hall–Kier alpha value is -1.56. The fraction of sp³-hybridized carbons (Fsp3) is 0.500. The quantitative estimate of drug-likeness (QED) is 0.755. The molecule has 0 unspecified atom stereocenters. The number of nitriles is 1. The molecule has 3 nitrogen and oxygen atoms in total. The highest BCUT2D eigenvalue weighted by Crippen LogP contribution is 2.20. The Kier molecular flexibility index (Phi) is 4.11. The van der Waals surface area contributed by atoms with Gasteiger partial charge in [0.05, 0.1) is 5.69 Å². The average Bonchev–Trinajstić information content (AvgIpc) is 2.30. The molecule has 0 spiro atoms. The molecule has 3 heteroatoms. The molecule has 0 amide bonds. The molecule has 0 fully saturated rings. The van der Waals surface area contributed by atoms with E-state index in [1.807, 2.05) is 19.2 Å². The lowest BCUT2D eigenvalue weighted by Crippen LogP contribution is -2.31. The van der Waals surface area contributed by atoms with Crippen LogP contribution in [0.3, 0.4) is 0 Å². The number of aromatic nitrogens is 1. The summed E-state index contributed by atoms with van der Waals surface area (Å²) in [6.45, 7) is 4.32. The predicted molar refractivity (Wildman–Crippen MR) is 61.7 cm³/mol. The van der Waals surface area contributed by atoms with E-state index in [1.165, 1.54) is 0 Å². The van der Waals surface area contributed by atoms with E-state index in [4.69, 9.17) is 5.26 Å². The molecule has 0 N–H and O–H groups in total. The molecule has 0 aliphatic heterocycles. The van der Waals surface area contributed by atoms with Gasteiger partial charge in [-0.15, -0.1) is 0 Å². The molecule has 1 rings (SSSR count). The Labute approximate surface area is 91.4 Å². The van der Waals surface area contributed by atoms with E-state index in [2.05, 4.69) is 29.8 Å². The van der Waals surface area contributed by atoms with Crippen molar-refractivity contribution in [1.82, 2.24) is 4.98 Å². The lowest BCUT2D eigenvalue weighted by molar-refractivity contribution is 0.590. The Morgan fingerprint density at radius 1 is 1.47 bits per heavy atom. The number of rotatable bonds is 4. The van der Waals surface area contributed by atoms with Gasteiger partial charge in [-0.3, -0.25) is 0 Å². The van der Waals surface area contributed by atoms with Gasteiger partial charge >= 0.3 is 0 Å². The van der Waals surface area contributed by atoms with Crippen molar-refractivity contribution in [1.29, 1.82) is 5.26 Å². The van der Waals surface area contributed by atoms with Gasteiger partial charge in [-0.1, -0.05) is 13.8 Å². The fourth-order valence-electron chi connectivity index (χ4n) is 1.80. The smallest absolute Gasteiger partial charge is 0.163 e. The summed E-state index contributed by atoms with van der Waals surface area (Å²) in [6.07, 6.45) is 3.81. The maximum absolute atomic E-state index is 8.96. The minimum absolute atomic E-state index is 0.473. The average molecular weight is 203 g/mol. The van der Waals surface area contributed by atoms with Crippen molar-refractivity contribution in [2.24, 2.45) is 0 Å². The van der Waals surface area contributed by atoms with Crippen molar-refractivity contribution in [2.45, 2.75) is 32.7 Å². The molecule has 80 valence electrons. The Morgan fingerprint density at radius 2 is 2.13 bits per heavy atom. The van der Waals surface area contributed by atoms with Gasteiger partial charge in [-0.25, -0.2) is 4.98 Å². The van der Waals surface area contributed by atoms with E-state index in [1.54, 1.807) is 6.20 Å². The van der Waals surface area contributed by atoms with Gasteiger partial charge in [0.2, 0.25) is 0 Å². The molecule has 0 aromatic carbocycles. The highest BCUT2D eigenvalue weighted by molar-refractivity contribution is 5.55. The zero-order valence-corrected chi connectivity index (χ0v) is 9.57. The number of hydrogen-bond donors (Lipinski definition) is 0. The van der Waals surface area contributed by atoms with Crippen molar-refractivity contribution in [3.05, 3.63) is 24.0 Å². The monoisotopic (exact) mass is 203 g/mol. The van der Waals surface area contributed by atoms with E-state index < -0.39 is 0 Å². The van der Waals surface area contributed by atoms with Crippen LogP contribution in [-0.4, -0.2) is 18.1 Å². The summed E-state index contributed by atoms with van der Waals surface area (Å²) in [7, 11) is 2.02. The third kappa shape index (κ3) is 2.47. The van der Waals surface area contributed by atoms with Gasteiger partial charge in [-0.2, -0.15) is 5.26 Å². The number of hydrogen-bond acceptors (Lipinski definition) is 3. The van der Waals surface area contributed by atoms with Gasteiger partial charge in [-0.05, 0) is 25.0 Å². The first-order valence-corrected chi connectivity index (χ1v) is 5.32. The van der Waals surface area contributed by atoms with Crippen LogP contribution in [0, 0.1) is 11.3 Å². The van der Waals surface area contributed by atoms with Crippen LogP contribution in [0.25, 0.3) is 0 Å². The topological polar surface area (TPSA) is 39.9 Å². The molecule has 0 radical (unpaired) electrons. The summed E-state index contributed by atoms with van der Waals surface area (Å²) >= 11 is 0. The van der Waals surface area contributed by atoms with Crippen molar-refractivity contribution in [2.75, 3.05) is 11.9 Å². The van der Waals surface area contributed by atoms with Crippen LogP contribution in [0.4, 0.5) is 5.69 Å². The van der Waals surface area contributed by atoms with E-state index in [0.29, 0.717) is 11.7 Å². The first-order valence-electron chi connectivity index (χ1n) is 5.32. The Balaban J connectivity index is 3.00. The first kappa shape index (κ1) is 11.5. The molecule has 0 aliphatic rings. The highest BCUT2D eigenvalue weighted by Gasteiger charge is 2.14. The Bertz CT molecular complexity index is 350. The van der Waals surface area contributed by atoms with Crippen molar-refractivity contribution in [3.8, 4) is 6.07 Å². The third-order valence-electron chi connectivity index (χ3n) is 2.76. The first-order chi connectivity index (χ1) is 7.24. The molecule has 1 aromatic rings. The summed E-state index contributed by atoms with van der Waals surface area (Å²) in [4.78, 5) is 6.21. The second-order valence-electron chi connectivity index (χ2n) is 3.56. The van der Waals surface area contributed by atoms with Crippen molar-refractivity contribution in [3.63, 3.8) is 0 Å². The van der Waals surface area contributed by atoms with Crippen LogP contribution in [0.1, 0.15) is 32.4 Å². The SMILES string of the molecule is CCC(CC)N(C)c1cccnc1C#N. The van der Waals surface area contributed by atoms with Crippen molar-refractivity contribution >= 4 is 5.69 Å². The molecular weight excluding hydrogens is 186 g/mol. The maximum atomic E-state index is 8.96. The molecule has 15 heavy (non-hydrogen) atoms. The largest absolute Gasteiger partial charge is 0.369 e. The second-order valence-corrected chi connectivity index (χ2v) is 3.56. The van der Waals surface area contributed by atoms with Gasteiger partial charge < -0.3 is 4.90 Å². The maximum Gasteiger partial charge on any atom is 0.163 e. The van der Waals surface area contributed by atoms with Gasteiger partial charge in [0, 0.05) is 19.3 Å². The van der Waals surface area contributed by atoms with E-state index in [0.717, 1.165) is 18.5 Å². The lowest BCUT2D eigenvalue weighted by Gasteiger charge is -2.28. The normalized spacial score (nSPS) is 10.1. The molecule has 1 heterocycles. The molecule has 0 aliphatic carbocycles. The van der Waals surface area contributed by atoms with E-state index >= 15 is 0 Å². The number of pyridine rings is 1. The van der Waals surface area contributed by atoms with Crippen LogP contribution in [0.15, 0.2) is 18.3 Å². The molecule has 0 saturated heterocycles. The standard InChI is InChI=1S/C12H17N3/c1-4-10(5-2)15(3)12-7-6-8-14-11(12)9-13/h6-8,10H,4-5H2,1-3H3. The minimum Gasteiger partial charge on any atom is -0.369 e. The van der Waals surface area contributed by atoms with Gasteiger partial charge in [0.25, 0.3) is 0 Å². The van der Waals surface area contributed by atoms with E-state index in [9.17, 15) is 0 Å². The molecule has 0 atom stereocenters. The fourth-order valence-corrected chi connectivity index (χ4v) is 1.80. The van der Waals surface area contributed by atoms with Crippen LogP contribution in [0.2, 0.25) is 0 Å². The molecule has 0 bridgehead atoms. The zero-order valence-electron chi connectivity index (χ0n) is 9.57. The molecule has 1 aromatic heterocycles. The second kappa shape index (κ2) is 5.35. The third-order valence-corrected chi connectivity index (χ3v) is 2.76. The van der Waals surface area contributed by atoms with E-state index in [-0.39, 0.29) is 0 Å². The Morgan fingerprint density at radius 3 is 2.67 bits per heavy atom. The van der Waals surface area contributed by atoms with Crippen molar-refractivity contribution < 1.29 is 0 Å². The van der Waals surface area contributed by atoms with Crippen LogP contribution >= 0.6 is 0 Å². The summed E-state index contributed by atoms with van der Waals surface area (Å²) in [5.41, 5.74) is 1.43. The molecular formula is C12H17N3. The van der Waals surface area contributed by atoms with Crippen LogP contribution < -0.4 is 4.90 Å². The summed E-state index contributed by atoms with van der Waals surface area (Å²) in [5.74, 6) is 0. The molecule has 0 saturated carbocycles. The highest BCUT2D eigenvalue weighted by atomic mass is 15.1. The summed E-state index contributed by atoms with van der Waals surface area (Å²) in [5, 5.41) is 8.96. The summed E-state index contributed by atoms with van der Waals surface area (Å²) in [6, 6.07) is 6.42.